The highest BCUT2D eigenvalue weighted by molar-refractivity contribution is 9.10. The number of esters is 1. The van der Waals surface area contributed by atoms with Crippen molar-refractivity contribution in [2.24, 2.45) is 0 Å². The van der Waals surface area contributed by atoms with Crippen molar-refractivity contribution in [2.45, 2.75) is 0 Å². The highest BCUT2D eigenvalue weighted by Crippen LogP contribution is 2.33. The third kappa shape index (κ3) is 3.55. The van der Waals surface area contributed by atoms with Gasteiger partial charge in [-0.2, -0.15) is 0 Å². The van der Waals surface area contributed by atoms with E-state index in [1.54, 1.807) is 36.4 Å². The number of hydrogen-bond acceptors (Lipinski definition) is 7. The Bertz CT molecular complexity index is 1300. The average Bonchev–Trinajstić information content (AvgIpc) is 3.16. The lowest BCUT2D eigenvalue weighted by Gasteiger charge is -2.09. The van der Waals surface area contributed by atoms with Crippen LogP contribution >= 0.6 is 15.9 Å². The summed E-state index contributed by atoms with van der Waals surface area (Å²) in [4.78, 5) is 35.7. The molecule has 0 aliphatic rings. The molecule has 29 heavy (non-hydrogen) atoms. The fourth-order valence-corrected chi connectivity index (χ4v) is 2.99. The molecule has 2 aromatic carbocycles. The highest BCUT2D eigenvalue weighted by Gasteiger charge is 2.23. The third-order valence-corrected chi connectivity index (χ3v) is 4.49. The van der Waals surface area contributed by atoms with Gasteiger partial charge >= 0.3 is 5.97 Å². The van der Waals surface area contributed by atoms with Crippen LogP contribution in [-0.4, -0.2) is 10.9 Å². The van der Waals surface area contributed by atoms with Gasteiger partial charge in [-0.3, -0.25) is 14.9 Å². The summed E-state index contributed by atoms with van der Waals surface area (Å²) in [7, 11) is 0. The molecule has 0 unspecified atom stereocenters. The Balaban J connectivity index is 1.81. The summed E-state index contributed by atoms with van der Waals surface area (Å²) in [6, 6.07) is 14.5. The molecule has 2 aromatic heterocycles. The largest absolute Gasteiger partial charge is 0.449 e. The van der Waals surface area contributed by atoms with E-state index >= 15 is 0 Å². The van der Waals surface area contributed by atoms with Gasteiger partial charge in [0.25, 0.3) is 5.69 Å². The van der Waals surface area contributed by atoms with Crippen molar-refractivity contribution in [1.82, 2.24) is 0 Å². The molecule has 0 atom stereocenters. The van der Waals surface area contributed by atoms with Crippen molar-refractivity contribution in [3.05, 3.63) is 91.2 Å². The number of carbonyl (C=O) groups excluding carboxylic acids is 1. The fraction of sp³-hybridized carbons (Fsp3) is 0. The van der Waals surface area contributed by atoms with Crippen molar-refractivity contribution in [3.8, 4) is 17.3 Å². The second-order valence-corrected chi connectivity index (χ2v) is 6.66. The van der Waals surface area contributed by atoms with E-state index in [1.807, 2.05) is 0 Å². The van der Waals surface area contributed by atoms with Crippen molar-refractivity contribution in [1.29, 1.82) is 0 Å². The number of furan rings is 1. The number of nitro groups is 1. The maximum absolute atomic E-state index is 13.0. The van der Waals surface area contributed by atoms with E-state index in [0.29, 0.717) is 10.3 Å². The fourth-order valence-electron chi connectivity index (χ4n) is 2.69. The Morgan fingerprint density at radius 2 is 1.72 bits per heavy atom. The molecule has 0 radical (unpaired) electrons. The van der Waals surface area contributed by atoms with E-state index in [9.17, 15) is 19.7 Å². The zero-order valence-electron chi connectivity index (χ0n) is 14.5. The number of non-ortho nitro benzene ring substituents is 1. The van der Waals surface area contributed by atoms with Crippen molar-refractivity contribution in [3.63, 3.8) is 0 Å². The van der Waals surface area contributed by atoms with E-state index in [4.69, 9.17) is 13.6 Å². The highest BCUT2D eigenvalue weighted by atomic mass is 79.9. The number of hydrogen-bond donors (Lipinski definition) is 0. The molecule has 0 fully saturated rings. The topological polar surface area (TPSA) is 113 Å². The number of fused-ring (bicyclic) bond motifs is 1. The van der Waals surface area contributed by atoms with Crippen LogP contribution in [0.15, 0.2) is 79.0 Å². The Hall–Kier alpha value is -3.72. The number of para-hydroxylation sites is 1. The lowest BCUT2D eigenvalue weighted by atomic mass is 10.2. The number of benzene rings is 2. The first-order valence-electron chi connectivity index (χ1n) is 8.22. The minimum Gasteiger partial charge on any atom is -0.449 e. The average molecular weight is 456 g/mol. The molecule has 4 aromatic rings. The van der Waals surface area contributed by atoms with Crippen LogP contribution in [0.3, 0.4) is 0 Å². The summed E-state index contributed by atoms with van der Waals surface area (Å²) in [5.41, 5.74) is -0.387. The molecule has 2 heterocycles. The zero-order chi connectivity index (χ0) is 20.5. The van der Waals surface area contributed by atoms with Crippen LogP contribution < -0.4 is 10.2 Å². The summed E-state index contributed by atoms with van der Waals surface area (Å²) in [5, 5.41) is 11.0. The first-order valence-corrected chi connectivity index (χ1v) is 9.01. The molecule has 0 bridgehead atoms. The summed E-state index contributed by atoms with van der Waals surface area (Å²) < 4.78 is 17.0. The van der Waals surface area contributed by atoms with Gasteiger partial charge in [0.05, 0.1) is 15.9 Å². The van der Waals surface area contributed by atoms with E-state index in [0.717, 1.165) is 0 Å². The van der Waals surface area contributed by atoms with Crippen molar-refractivity contribution >= 4 is 38.6 Å². The maximum atomic E-state index is 13.0. The molecular weight excluding hydrogens is 446 g/mol. The van der Waals surface area contributed by atoms with Gasteiger partial charge in [-0.25, -0.2) is 4.79 Å². The molecule has 8 nitrogen and oxygen atoms in total. The van der Waals surface area contributed by atoms with Gasteiger partial charge in [-0.15, -0.1) is 0 Å². The zero-order valence-corrected chi connectivity index (χ0v) is 16.0. The summed E-state index contributed by atoms with van der Waals surface area (Å²) in [5.74, 6) is -1.07. The Morgan fingerprint density at radius 3 is 2.38 bits per heavy atom. The molecule has 0 spiro atoms. The lowest BCUT2D eigenvalue weighted by molar-refractivity contribution is -0.384. The number of nitrogens with zero attached hydrogens (tertiary/aromatic N) is 1. The van der Waals surface area contributed by atoms with Crippen LogP contribution in [0.5, 0.6) is 5.75 Å². The molecule has 0 N–H and O–H groups in total. The van der Waals surface area contributed by atoms with Gasteiger partial charge in [0, 0.05) is 12.1 Å². The van der Waals surface area contributed by atoms with E-state index in [1.165, 1.54) is 24.3 Å². The molecule has 144 valence electrons. The summed E-state index contributed by atoms with van der Waals surface area (Å²) in [6.45, 7) is 0. The van der Waals surface area contributed by atoms with E-state index in [-0.39, 0.29) is 33.9 Å². The van der Waals surface area contributed by atoms with Crippen LogP contribution in [-0.2, 0) is 0 Å². The van der Waals surface area contributed by atoms with E-state index in [2.05, 4.69) is 15.9 Å². The molecule has 0 amide bonds. The first-order chi connectivity index (χ1) is 13.9. The second-order valence-electron chi connectivity index (χ2n) is 5.88. The summed E-state index contributed by atoms with van der Waals surface area (Å²) in [6.07, 6.45) is 0. The molecule has 0 aliphatic carbocycles. The normalized spacial score (nSPS) is 10.8. The maximum Gasteiger partial charge on any atom is 0.343 e. The van der Waals surface area contributed by atoms with Crippen molar-refractivity contribution < 1.29 is 23.3 Å². The Kier molecular flexibility index (Phi) is 4.73. The second kappa shape index (κ2) is 7.36. The molecule has 4 rings (SSSR count). The molecule has 9 heteroatoms. The Morgan fingerprint density at radius 1 is 1.00 bits per heavy atom. The van der Waals surface area contributed by atoms with Crippen LogP contribution in [0.2, 0.25) is 0 Å². The van der Waals surface area contributed by atoms with Crippen LogP contribution in [0.4, 0.5) is 5.69 Å². The quantitative estimate of drug-likeness (QED) is 0.243. The molecular formula is C20H10BrNO7. The molecule has 0 saturated carbocycles. The molecule has 0 saturated heterocycles. The standard InChI is InChI=1S/C20H10BrNO7/c21-16-10-9-15(27-16)18-19(17(23)13-3-1-2-4-14(13)28-18)29-20(24)11-5-7-12(8-6-11)22(25)26/h1-10H. The molecule has 0 aliphatic heterocycles. The van der Waals surface area contributed by atoms with Gasteiger partial charge in [0.15, 0.2) is 10.4 Å². The van der Waals surface area contributed by atoms with Crippen molar-refractivity contribution in [2.75, 3.05) is 0 Å². The number of carbonyl (C=O) groups is 1. The van der Waals surface area contributed by atoms with Gasteiger partial charge in [0.1, 0.15) is 5.58 Å². The van der Waals surface area contributed by atoms with Crippen LogP contribution in [0.25, 0.3) is 22.5 Å². The summed E-state index contributed by atoms with van der Waals surface area (Å²) >= 11 is 3.18. The smallest absolute Gasteiger partial charge is 0.343 e. The predicted molar refractivity (Wildman–Crippen MR) is 106 cm³/mol. The SMILES string of the molecule is O=C(Oc1c(-c2ccc(Br)o2)oc2ccccc2c1=O)c1ccc([N+](=O)[O-])cc1. The van der Waals surface area contributed by atoms with Crippen LogP contribution in [0.1, 0.15) is 10.4 Å². The van der Waals surface area contributed by atoms with Crippen LogP contribution in [0, 0.1) is 10.1 Å². The van der Waals surface area contributed by atoms with E-state index < -0.39 is 16.3 Å². The number of nitro benzene ring substituents is 1. The van der Waals surface area contributed by atoms with Gasteiger partial charge < -0.3 is 13.6 Å². The minimum absolute atomic E-state index is 0.0368. The lowest BCUT2D eigenvalue weighted by Crippen LogP contribution is -2.16. The monoisotopic (exact) mass is 455 g/mol. The first kappa shape index (κ1) is 18.6. The van der Waals surface area contributed by atoms with Gasteiger partial charge in [-0.1, -0.05) is 12.1 Å². The number of rotatable bonds is 4. The minimum atomic E-state index is -0.866. The Labute approximate surface area is 170 Å². The number of halogens is 1. The predicted octanol–water partition coefficient (Wildman–Crippen LogP) is 4.94. The van der Waals surface area contributed by atoms with Gasteiger partial charge in [0.2, 0.25) is 16.9 Å². The number of ether oxygens (including phenoxy) is 1. The van der Waals surface area contributed by atoms with Gasteiger partial charge in [-0.05, 0) is 52.3 Å². The third-order valence-electron chi connectivity index (χ3n) is 4.06.